The zero-order chi connectivity index (χ0) is 16.6. The molecule has 0 fully saturated rings. The summed E-state index contributed by atoms with van der Waals surface area (Å²) in [6.07, 6.45) is 0. The highest BCUT2D eigenvalue weighted by Crippen LogP contribution is 2.27. The van der Waals surface area contributed by atoms with Gasteiger partial charge in [0.15, 0.2) is 0 Å². The fourth-order valence-corrected chi connectivity index (χ4v) is 2.69. The quantitative estimate of drug-likeness (QED) is 0.734. The summed E-state index contributed by atoms with van der Waals surface area (Å²) < 4.78 is 6.11. The predicted molar refractivity (Wildman–Crippen MR) is 90.3 cm³/mol. The van der Waals surface area contributed by atoms with Crippen molar-refractivity contribution in [2.45, 2.75) is 0 Å². The molecule has 0 saturated heterocycles. The number of benzene rings is 2. The van der Waals surface area contributed by atoms with Gasteiger partial charge in [-0.15, -0.1) is 0 Å². The summed E-state index contributed by atoms with van der Waals surface area (Å²) >= 11 is 6.06. The molecular formula is C17H13ClN2O3. The molecule has 6 heteroatoms. The van der Waals surface area contributed by atoms with Gasteiger partial charge in [-0.1, -0.05) is 29.8 Å². The Hall–Kier alpha value is -2.79. The van der Waals surface area contributed by atoms with E-state index in [1.807, 2.05) is 6.07 Å². The lowest BCUT2D eigenvalue weighted by molar-refractivity contribution is 0.0600. The fourth-order valence-electron chi connectivity index (χ4n) is 2.52. The van der Waals surface area contributed by atoms with Crippen LogP contribution in [0.3, 0.4) is 0 Å². The largest absolute Gasteiger partial charge is 0.465 e. The summed E-state index contributed by atoms with van der Waals surface area (Å²) in [5.41, 5.74) is 6.52. The van der Waals surface area contributed by atoms with Crippen LogP contribution in [0.25, 0.3) is 16.6 Å². The molecule has 0 amide bonds. The minimum absolute atomic E-state index is 0.0840. The van der Waals surface area contributed by atoms with Crippen LogP contribution < -0.4 is 11.3 Å². The zero-order valence-corrected chi connectivity index (χ0v) is 13.0. The molecule has 1 heterocycles. The van der Waals surface area contributed by atoms with Crippen LogP contribution in [-0.2, 0) is 4.74 Å². The SMILES string of the molecule is COC(=O)c1c(N)c2ccc(Cl)cc2n(-c2ccccc2)c1=O. The molecule has 0 aliphatic carbocycles. The van der Waals surface area contributed by atoms with Crippen LogP contribution in [0, 0.1) is 0 Å². The summed E-state index contributed by atoms with van der Waals surface area (Å²) in [4.78, 5) is 24.9. The molecule has 116 valence electrons. The summed E-state index contributed by atoms with van der Waals surface area (Å²) in [6, 6.07) is 13.9. The molecule has 0 saturated carbocycles. The van der Waals surface area contributed by atoms with E-state index < -0.39 is 11.5 Å². The van der Waals surface area contributed by atoms with Crippen molar-refractivity contribution >= 4 is 34.2 Å². The maximum atomic E-state index is 12.9. The molecule has 23 heavy (non-hydrogen) atoms. The van der Waals surface area contributed by atoms with Gasteiger partial charge in [0.1, 0.15) is 5.56 Å². The van der Waals surface area contributed by atoms with Crippen molar-refractivity contribution in [1.29, 1.82) is 0 Å². The van der Waals surface area contributed by atoms with Crippen molar-refractivity contribution in [1.82, 2.24) is 4.57 Å². The van der Waals surface area contributed by atoms with E-state index in [2.05, 4.69) is 0 Å². The number of esters is 1. The second kappa shape index (κ2) is 5.78. The minimum Gasteiger partial charge on any atom is -0.465 e. The van der Waals surface area contributed by atoms with E-state index >= 15 is 0 Å². The van der Waals surface area contributed by atoms with Crippen LogP contribution in [0.4, 0.5) is 5.69 Å². The molecule has 3 aromatic rings. The molecule has 0 aliphatic heterocycles. The first kappa shape index (κ1) is 15.1. The number of hydrogen-bond acceptors (Lipinski definition) is 4. The first-order valence-corrected chi connectivity index (χ1v) is 7.20. The van der Waals surface area contributed by atoms with E-state index in [1.165, 1.54) is 11.7 Å². The standard InChI is InChI=1S/C17H13ClN2O3/c1-23-17(22)14-15(19)12-8-7-10(18)9-13(12)20(16(14)21)11-5-3-2-4-6-11/h2-9H,19H2,1H3. The van der Waals surface area contributed by atoms with E-state index in [0.29, 0.717) is 21.6 Å². The fraction of sp³-hybridized carbons (Fsp3) is 0.0588. The highest BCUT2D eigenvalue weighted by molar-refractivity contribution is 6.31. The van der Waals surface area contributed by atoms with Crippen molar-refractivity contribution in [3.63, 3.8) is 0 Å². The molecule has 5 nitrogen and oxygen atoms in total. The van der Waals surface area contributed by atoms with E-state index in [-0.39, 0.29) is 11.3 Å². The number of anilines is 1. The number of rotatable bonds is 2. The van der Waals surface area contributed by atoms with Crippen molar-refractivity contribution in [3.8, 4) is 5.69 Å². The third-order valence-corrected chi connectivity index (χ3v) is 3.82. The van der Waals surface area contributed by atoms with E-state index in [9.17, 15) is 9.59 Å². The van der Waals surface area contributed by atoms with Crippen LogP contribution in [0.1, 0.15) is 10.4 Å². The number of ether oxygens (including phenoxy) is 1. The molecule has 0 unspecified atom stereocenters. The number of carbonyl (C=O) groups is 1. The molecule has 0 bridgehead atoms. The Morgan fingerprint density at radius 2 is 1.87 bits per heavy atom. The summed E-state index contributed by atoms with van der Waals surface area (Å²) in [7, 11) is 1.21. The lowest BCUT2D eigenvalue weighted by atomic mass is 10.1. The van der Waals surface area contributed by atoms with Gasteiger partial charge >= 0.3 is 5.97 Å². The Balaban J connectivity index is 2.53. The van der Waals surface area contributed by atoms with E-state index in [1.54, 1.807) is 42.5 Å². The Morgan fingerprint density at radius 1 is 1.17 bits per heavy atom. The molecule has 1 aromatic heterocycles. The first-order valence-electron chi connectivity index (χ1n) is 6.82. The average Bonchev–Trinajstić information content (AvgIpc) is 2.55. The number of nitrogens with two attached hydrogens (primary N) is 1. The molecule has 0 atom stereocenters. The molecule has 0 spiro atoms. The van der Waals surface area contributed by atoms with Crippen molar-refractivity contribution in [2.24, 2.45) is 0 Å². The zero-order valence-electron chi connectivity index (χ0n) is 12.2. The first-order chi connectivity index (χ1) is 11.0. The Kier molecular flexibility index (Phi) is 3.80. The van der Waals surface area contributed by atoms with Crippen LogP contribution in [0.2, 0.25) is 5.02 Å². The summed E-state index contributed by atoms with van der Waals surface area (Å²) in [5, 5.41) is 1.02. The molecule has 2 N–H and O–H groups in total. The second-order valence-corrected chi connectivity index (χ2v) is 5.35. The lowest BCUT2D eigenvalue weighted by Gasteiger charge is -2.15. The Morgan fingerprint density at radius 3 is 2.52 bits per heavy atom. The number of nitrogen functional groups attached to an aromatic ring is 1. The highest BCUT2D eigenvalue weighted by atomic mass is 35.5. The number of para-hydroxylation sites is 1. The second-order valence-electron chi connectivity index (χ2n) is 4.92. The third kappa shape index (κ3) is 2.45. The number of nitrogens with zero attached hydrogens (tertiary/aromatic N) is 1. The molecule has 0 aliphatic rings. The minimum atomic E-state index is -0.769. The number of aromatic nitrogens is 1. The van der Waals surface area contributed by atoms with Gasteiger partial charge < -0.3 is 10.5 Å². The van der Waals surface area contributed by atoms with E-state index in [0.717, 1.165) is 0 Å². The smallest absolute Gasteiger partial charge is 0.345 e. The highest BCUT2D eigenvalue weighted by Gasteiger charge is 2.22. The molecule has 2 aromatic carbocycles. The van der Waals surface area contributed by atoms with Gasteiger partial charge in [-0.3, -0.25) is 9.36 Å². The number of methoxy groups -OCH3 is 1. The van der Waals surface area contributed by atoms with Gasteiger partial charge in [0.05, 0.1) is 18.3 Å². The van der Waals surface area contributed by atoms with Crippen LogP contribution in [0.15, 0.2) is 53.3 Å². The average molecular weight is 329 g/mol. The number of halogens is 1. The van der Waals surface area contributed by atoms with Crippen LogP contribution in [0.5, 0.6) is 0 Å². The molecule has 0 radical (unpaired) electrons. The van der Waals surface area contributed by atoms with Crippen molar-refractivity contribution in [2.75, 3.05) is 12.8 Å². The number of carbonyl (C=O) groups excluding carboxylic acids is 1. The van der Waals surface area contributed by atoms with Gasteiger partial charge in [0, 0.05) is 16.1 Å². The number of pyridine rings is 1. The number of fused-ring (bicyclic) bond motifs is 1. The van der Waals surface area contributed by atoms with Gasteiger partial charge in [0.25, 0.3) is 5.56 Å². The topological polar surface area (TPSA) is 74.3 Å². The molecular weight excluding hydrogens is 316 g/mol. The Bertz CT molecular complexity index is 965. The van der Waals surface area contributed by atoms with Crippen LogP contribution >= 0.6 is 11.6 Å². The van der Waals surface area contributed by atoms with Crippen LogP contribution in [-0.4, -0.2) is 17.6 Å². The van der Waals surface area contributed by atoms with Gasteiger partial charge in [0.2, 0.25) is 0 Å². The van der Waals surface area contributed by atoms with Gasteiger partial charge in [-0.25, -0.2) is 4.79 Å². The van der Waals surface area contributed by atoms with Crippen molar-refractivity contribution < 1.29 is 9.53 Å². The summed E-state index contributed by atoms with van der Waals surface area (Å²) in [5.74, 6) is -0.769. The normalized spacial score (nSPS) is 10.7. The van der Waals surface area contributed by atoms with E-state index in [4.69, 9.17) is 22.1 Å². The molecule has 3 rings (SSSR count). The van der Waals surface area contributed by atoms with Gasteiger partial charge in [-0.2, -0.15) is 0 Å². The number of hydrogen-bond donors (Lipinski definition) is 1. The predicted octanol–water partition coefficient (Wildman–Crippen LogP) is 3.01. The van der Waals surface area contributed by atoms with Gasteiger partial charge in [-0.05, 0) is 30.3 Å². The Labute approximate surface area is 136 Å². The summed E-state index contributed by atoms with van der Waals surface area (Å²) in [6.45, 7) is 0. The van der Waals surface area contributed by atoms with Crippen molar-refractivity contribution in [3.05, 3.63) is 69.5 Å². The monoisotopic (exact) mass is 328 g/mol. The maximum Gasteiger partial charge on any atom is 0.345 e. The third-order valence-electron chi connectivity index (χ3n) is 3.58. The maximum absolute atomic E-state index is 12.9. The lowest BCUT2D eigenvalue weighted by Crippen LogP contribution is -2.28.